The molecule has 0 saturated heterocycles. The zero-order chi connectivity index (χ0) is 24.1. The van der Waals surface area contributed by atoms with Gasteiger partial charge >= 0.3 is 0 Å². The molecular weight excluding hydrogens is 484 g/mol. The fourth-order valence-electron chi connectivity index (χ4n) is 4.18. The number of carbonyl (C=O) groups excluding carboxylic acids is 1. The van der Waals surface area contributed by atoms with E-state index in [1.165, 1.54) is 15.9 Å². The SMILES string of the molecule is COc1ccc(-c2nc3sc(=C4C(=O)N(Cc5ccc(Cl)cc5)c5ccccc54)c(=O)n3n2)cc1. The number of ether oxygens (including phenoxy) is 1. The Morgan fingerprint density at radius 1 is 0.971 bits per heavy atom. The monoisotopic (exact) mass is 500 g/mol. The molecule has 0 N–H and O–H groups in total. The van der Waals surface area contributed by atoms with Gasteiger partial charge in [0.2, 0.25) is 4.96 Å². The van der Waals surface area contributed by atoms with Crippen LogP contribution in [0.25, 0.3) is 21.9 Å². The Hall–Kier alpha value is -4.01. The number of hydrogen-bond donors (Lipinski definition) is 0. The number of thiazole rings is 1. The zero-order valence-electron chi connectivity index (χ0n) is 18.4. The normalized spacial score (nSPS) is 14.6. The average Bonchev–Trinajstić information content (AvgIpc) is 3.51. The molecule has 7 nitrogen and oxygen atoms in total. The van der Waals surface area contributed by atoms with Crippen molar-refractivity contribution in [2.75, 3.05) is 12.0 Å². The van der Waals surface area contributed by atoms with Crippen LogP contribution in [0.1, 0.15) is 11.1 Å². The third kappa shape index (κ3) is 3.58. The summed E-state index contributed by atoms with van der Waals surface area (Å²) in [5.74, 6) is 0.938. The van der Waals surface area contributed by atoms with Gasteiger partial charge in [-0.15, -0.1) is 5.10 Å². The minimum Gasteiger partial charge on any atom is -0.497 e. The first kappa shape index (κ1) is 21.5. The molecule has 0 radical (unpaired) electrons. The molecule has 0 fully saturated rings. The van der Waals surface area contributed by atoms with Crippen molar-refractivity contribution in [2.24, 2.45) is 0 Å². The maximum Gasteiger partial charge on any atom is 0.291 e. The van der Waals surface area contributed by atoms with E-state index in [1.807, 2.05) is 60.7 Å². The molecule has 0 saturated carbocycles. The van der Waals surface area contributed by atoms with Gasteiger partial charge in [-0.2, -0.15) is 9.50 Å². The average molecular weight is 501 g/mol. The van der Waals surface area contributed by atoms with Crippen LogP contribution in [0.5, 0.6) is 5.75 Å². The highest BCUT2D eigenvalue weighted by atomic mass is 35.5. The van der Waals surface area contributed by atoms with Crippen molar-refractivity contribution in [3.05, 3.63) is 104 Å². The largest absolute Gasteiger partial charge is 0.497 e. The molecule has 172 valence electrons. The lowest BCUT2D eigenvalue weighted by molar-refractivity contribution is -0.113. The van der Waals surface area contributed by atoms with Gasteiger partial charge in [0.05, 0.1) is 24.9 Å². The quantitative estimate of drug-likeness (QED) is 0.373. The summed E-state index contributed by atoms with van der Waals surface area (Å²) >= 11 is 7.18. The predicted molar refractivity (Wildman–Crippen MR) is 136 cm³/mol. The number of halogens is 1. The number of amides is 1. The van der Waals surface area contributed by atoms with E-state index in [9.17, 15) is 9.59 Å². The summed E-state index contributed by atoms with van der Waals surface area (Å²) in [5.41, 5.74) is 3.22. The van der Waals surface area contributed by atoms with Crippen molar-refractivity contribution in [3.63, 3.8) is 0 Å². The summed E-state index contributed by atoms with van der Waals surface area (Å²) in [7, 11) is 1.60. The third-order valence-corrected chi connectivity index (χ3v) is 7.19. The first-order valence-electron chi connectivity index (χ1n) is 10.8. The summed E-state index contributed by atoms with van der Waals surface area (Å²) in [6.07, 6.45) is 0. The van der Waals surface area contributed by atoms with E-state index in [1.54, 1.807) is 24.1 Å². The number of nitrogens with zero attached hydrogens (tertiary/aromatic N) is 4. The summed E-state index contributed by atoms with van der Waals surface area (Å²) in [6.45, 7) is 0.368. The molecule has 2 aromatic heterocycles. The molecule has 1 aliphatic rings. The van der Waals surface area contributed by atoms with Crippen LogP contribution in [0.2, 0.25) is 5.02 Å². The highest BCUT2D eigenvalue weighted by molar-refractivity contribution is 7.15. The smallest absolute Gasteiger partial charge is 0.291 e. The second-order valence-corrected chi connectivity index (χ2v) is 9.42. The van der Waals surface area contributed by atoms with Crippen LogP contribution in [0.4, 0.5) is 5.69 Å². The first-order valence-corrected chi connectivity index (χ1v) is 12.0. The first-order chi connectivity index (χ1) is 17.0. The number of benzene rings is 3. The van der Waals surface area contributed by atoms with Gasteiger partial charge in [-0.05, 0) is 48.0 Å². The topological polar surface area (TPSA) is 76.8 Å². The minimum absolute atomic E-state index is 0.224. The number of carbonyl (C=O) groups is 1. The van der Waals surface area contributed by atoms with E-state index in [4.69, 9.17) is 16.3 Å². The molecule has 0 aliphatic carbocycles. The maximum atomic E-state index is 13.6. The second kappa shape index (κ2) is 8.33. The standard InChI is InChI=1S/C26H17ClN4O3S/c1-34-18-12-8-16(9-13-18)23-28-26-31(29-23)25(33)22(35-26)21-19-4-2-3-5-20(19)30(24(21)32)14-15-6-10-17(27)11-7-15/h2-13H,14H2,1H3. The predicted octanol–water partition coefficient (Wildman–Crippen LogP) is 3.94. The molecule has 3 heterocycles. The van der Waals surface area contributed by atoms with Gasteiger partial charge < -0.3 is 9.64 Å². The number of methoxy groups -OCH3 is 1. The molecule has 5 aromatic rings. The molecule has 1 amide bonds. The van der Waals surface area contributed by atoms with Gasteiger partial charge in [-0.1, -0.05) is 53.3 Å². The molecule has 1 aliphatic heterocycles. The second-order valence-electron chi connectivity index (χ2n) is 8.00. The number of fused-ring (bicyclic) bond motifs is 2. The van der Waals surface area contributed by atoms with E-state index < -0.39 is 0 Å². The fourth-order valence-corrected chi connectivity index (χ4v) is 5.30. The van der Waals surface area contributed by atoms with Crippen LogP contribution < -0.4 is 19.7 Å². The molecule has 0 bridgehead atoms. The van der Waals surface area contributed by atoms with Gasteiger partial charge in [0.15, 0.2) is 5.82 Å². The highest BCUT2D eigenvalue weighted by Crippen LogP contribution is 2.36. The fraction of sp³-hybridized carbons (Fsp3) is 0.0769. The lowest BCUT2D eigenvalue weighted by Gasteiger charge is -2.17. The maximum absolute atomic E-state index is 13.6. The van der Waals surface area contributed by atoms with Crippen LogP contribution in [0.15, 0.2) is 77.6 Å². The number of aromatic nitrogens is 3. The van der Waals surface area contributed by atoms with Gasteiger partial charge in [0, 0.05) is 16.1 Å². The Balaban J connectivity index is 1.46. The summed E-state index contributed by atoms with van der Waals surface area (Å²) in [5, 5.41) is 5.05. The van der Waals surface area contributed by atoms with E-state index in [0.717, 1.165) is 28.1 Å². The van der Waals surface area contributed by atoms with E-state index in [0.29, 0.717) is 32.5 Å². The van der Waals surface area contributed by atoms with Crippen LogP contribution in [-0.2, 0) is 11.3 Å². The summed E-state index contributed by atoms with van der Waals surface area (Å²) in [4.78, 5) is 33.6. The molecule has 0 spiro atoms. The lowest BCUT2D eigenvalue weighted by atomic mass is 10.1. The number of anilines is 1. The Labute approximate surface area is 208 Å². The molecule has 0 atom stereocenters. The Morgan fingerprint density at radius 2 is 1.71 bits per heavy atom. The van der Waals surface area contributed by atoms with Gasteiger partial charge in [-0.3, -0.25) is 9.59 Å². The number of rotatable bonds is 4. The van der Waals surface area contributed by atoms with Crippen LogP contribution in [0.3, 0.4) is 0 Å². The molecule has 9 heteroatoms. The lowest BCUT2D eigenvalue weighted by Crippen LogP contribution is -2.32. The molecule has 6 rings (SSSR count). The highest BCUT2D eigenvalue weighted by Gasteiger charge is 2.34. The van der Waals surface area contributed by atoms with Crippen molar-refractivity contribution in [1.82, 2.24) is 14.6 Å². The Kier molecular flexibility index (Phi) is 5.12. The molecule has 3 aromatic carbocycles. The number of hydrogen-bond acceptors (Lipinski definition) is 6. The minimum atomic E-state index is -0.358. The Bertz CT molecular complexity index is 1710. The molecule has 35 heavy (non-hydrogen) atoms. The summed E-state index contributed by atoms with van der Waals surface area (Å²) < 4.78 is 6.79. The van der Waals surface area contributed by atoms with Gasteiger partial charge in [-0.25, -0.2) is 0 Å². The van der Waals surface area contributed by atoms with Gasteiger partial charge in [0.1, 0.15) is 10.3 Å². The third-order valence-electron chi connectivity index (χ3n) is 5.91. The van der Waals surface area contributed by atoms with E-state index in [2.05, 4.69) is 10.1 Å². The number of para-hydroxylation sites is 1. The van der Waals surface area contributed by atoms with Crippen molar-refractivity contribution >= 4 is 45.1 Å². The van der Waals surface area contributed by atoms with Crippen molar-refractivity contribution in [1.29, 1.82) is 0 Å². The zero-order valence-corrected chi connectivity index (χ0v) is 20.0. The van der Waals surface area contributed by atoms with Crippen molar-refractivity contribution in [3.8, 4) is 17.1 Å². The van der Waals surface area contributed by atoms with Crippen LogP contribution in [0, 0.1) is 0 Å². The van der Waals surface area contributed by atoms with Crippen LogP contribution >= 0.6 is 22.9 Å². The molecule has 0 unspecified atom stereocenters. The van der Waals surface area contributed by atoms with Gasteiger partial charge in [0.25, 0.3) is 11.5 Å². The van der Waals surface area contributed by atoms with Crippen molar-refractivity contribution in [2.45, 2.75) is 6.54 Å². The van der Waals surface area contributed by atoms with E-state index >= 15 is 0 Å². The van der Waals surface area contributed by atoms with Crippen molar-refractivity contribution < 1.29 is 9.53 Å². The summed E-state index contributed by atoms with van der Waals surface area (Å²) in [6, 6.07) is 22.2. The van der Waals surface area contributed by atoms with Crippen LogP contribution in [-0.4, -0.2) is 27.6 Å². The van der Waals surface area contributed by atoms with E-state index in [-0.39, 0.29) is 11.5 Å². The molecular formula is C26H17ClN4O3S. The Morgan fingerprint density at radius 3 is 2.43 bits per heavy atom.